The van der Waals surface area contributed by atoms with Gasteiger partial charge in [0.15, 0.2) is 6.10 Å². The van der Waals surface area contributed by atoms with Crippen LogP contribution in [0.15, 0.2) is 53.7 Å². The first-order chi connectivity index (χ1) is 18.9. The Morgan fingerprint density at radius 1 is 0.850 bits per heavy atom. The second kappa shape index (κ2) is 13.1. The van der Waals surface area contributed by atoms with Gasteiger partial charge in [-0.3, -0.25) is 0 Å². The highest BCUT2D eigenvalue weighted by molar-refractivity contribution is 5.80. The molecule has 0 bridgehead atoms. The van der Waals surface area contributed by atoms with Crippen LogP contribution in [-0.2, 0) is 29.4 Å². The van der Waals surface area contributed by atoms with Crippen molar-refractivity contribution in [2.24, 2.45) is 5.16 Å². The zero-order valence-electron chi connectivity index (χ0n) is 21.8. The third-order valence-corrected chi connectivity index (χ3v) is 6.24. The molecular weight excluding hydrogens is 548 g/mol. The van der Waals surface area contributed by atoms with Crippen LogP contribution < -0.4 is 0 Å². The molecule has 1 saturated heterocycles. The van der Waals surface area contributed by atoms with E-state index in [-0.39, 0.29) is 12.7 Å². The fraction of sp³-hybridized carbons (Fsp3) is 0.444. The van der Waals surface area contributed by atoms with Gasteiger partial charge in [0, 0.05) is 26.4 Å². The topological polar surface area (TPSA) is 78.7 Å². The zero-order chi connectivity index (χ0) is 29.6. The van der Waals surface area contributed by atoms with Crippen LogP contribution in [0.1, 0.15) is 29.2 Å². The maximum Gasteiger partial charge on any atom is 0.430 e. The van der Waals surface area contributed by atoms with Crippen molar-refractivity contribution < 1.29 is 55.2 Å². The minimum absolute atomic E-state index is 0.233. The molecule has 1 fully saturated rings. The second-order valence-corrected chi connectivity index (χ2v) is 8.76. The van der Waals surface area contributed by atoms with Gasteiger partial charge in [-0.15, -0.1) is 0 Å². The lowest BCUT2D eigenvalue weighted by molar-refractivity contribution is -0.376. The van der Waals surface area contributed by atoms with Crippen molar-refractivity contribution in [3.05, 3.63) is 70.8 Å². The number of methoxy groups -OCH3 is 2. The fourth-order valence-electron chi connectivity index (χ4n) is 4.04. The molecule has 1 N–H and O–H groups in total. The molecule has 0 spiro atoms. The second-order valence-electron chi connectivity index (χ2n) is 8.76. The van der Waals surface area contributed by atoms with Crippen molar-refractivity contribution in [2.75, 3.05) is 27.4 Å². The summed E-state index contributed by atoms with van der Waals surface area (Å²) in [5.74, 6) is 0. The van der Waals surface area contributed by atoms with Crippen molar-refractivity contribution in [1.82, 2.24) is 0 Å². The molecule has 0 amide bonds. The smallest absolute Gasteiger partial charge is 0.376 e. The van der Waals surface area contributed by atoms with Gasteiger partial charge in [-0.25, -0.2) is 0 Å². The van der Waals surface area contributed by atoms with Gasteiger partial charge in [0.2, 0.25) is 0 Å². The normalized spacial score (nSPS) is 22.8. The number of rotatable bonds is 10. The van der Waals surface area contributed by atoms with Crippen LogP contribution in [0.5, 0.6) is 0 Å². The number of hydrogen-bond acceptors (Lipinski definition) is 7. The van der Waals surface area contributed by atoms with E-state index < -0.39 is 42.0 Å². The van der Waals surface area contributed by atoms with E-state index in [4.69, 9.17) is 23.8 Å². The van der Waals surface area contributed by atoms with Crippen LogP contribution in [0, 0.1) is 0 Å². The van der Waals surface area contributed by atoms with Gasteiger partial charge in [0.1, 0.15) is 12.2 Å². The Balaban J connectivity index is 1.62. The van der Waals surface area contributed by atoms with E-state index in [0.717, 1.165) is 12.1 Å². The summed E-state index contributed by atoms with van der Waals surface area (Å²) in [4.78, 5) is 5.48. The number of nitrogens with zero attached hydrogens (tertiary/aromatic N) is 1. The molecule has 1 aliphatic heterocycles. The molecule has 0 aliphatic carbocycles. The van der Waals surface area contributed by atoms with E-state index >= 15 is 0 Å². The standard InChI is InChI=1S/C27H29F6NO6/c1-4-38-22-21(36-2)16-39-24(23(22)37-3)40-34-15-19-9-7-17(8-10-19)5-6-18-11-13-20(14-12-18)25(35,26(28,29)30)27(31,32)33/h5-15,21-24,35H,4,16H2,1-3H3/b6-5+,34-15+/t21-,22+,23+,24-/m0/s1. The number of alkyl halides is 6. The van der Waals surface area contributed by atoms with Gasteiger partial charge in [-0.05, 0) is 23.6 Å². The summed E-state index contributed by atoms with van der Waals surface area (Å²) in [6.45, 7) is 2.54. The Labute approximate surface area is 226 Å². The van der Waals surface area contributed by atoms with E-state index in [1.165, 1.54) is 19.4 Å². The van der Waals surface area contributed by atoms with Crippen molar-refractivity contribution in [3.8, 4) is 0 Å². The maximum absolute atomic E-state index is 13.0. The summed E-state index contributed by atoms with van der Waals surface area (Å²) in [6, 6.07) is 10.2. The molecule has 0 radical (unpaired) electrons. The van der Waals surface area contributed by atoms with Crippen LogP contribution in [0.4, 0.5) is 26.3 Å². The maximum atomic E-state index is 13.0. The quantitative estimate of drug-likeness (QED) is 0.179. The summed E-state index contributed by atoms with van der Waals surface area (Å²) in [6.07, 6.45) is -9.42. The fourth-order valence-corrected chi connectivity index (χ4v) is 4.04. The Bertz CT molecular complexity index is 1120. The molecule has 4 atom stereocenters. The molecule has 13 heteroatoms. The lowest BCUT2D eigenvalue weighted by Crippen LogP contribution is -2.56. The third kappa shape index (κ3) is 7.02. The highest BCUT2D eigenvalue weighted by atomic mass is 19.4. The van der Waals surface area contributed by atoms with E-state index in [0.29, 0.717) is 35.4 Å². The molecule has 1 heterocycles. The van der Waals surface area contributed by atoms with Gasteiger partial charge in [-0.1, -0.05) is 65.8 Å². The number of halogens is 6. The molecular formula is C27H29F6NO6. The summed E-state index contributed by atoms with van der Waals surface area (Å²) >= 11 is 0. The van der Waals surface area contributed by atoms with Crippen LogP contribution in [-0.4, -0.2) is 75.7 Å². The van der Waals surface area contributed by atoms with E-state index in [2.05, 4.69) is 5.16 Å². The monoisotopic (exact) mass is 577 g/mol. The summed E-state index contributed by atoms with van der Waals surface area (Å²) < 4.78 is 101. The molecule has 0 unspecified atom stereocenters. The van der Waals surface area contributed by atoms with Gasteiger partial charge >= 0.3 is 12.4 Å². The van der Waals surface area contributed by atoms with Crippen molar-refractivity contribution in [1.29, 1.82) is 0 Å². The molecule has 0 aromatic heterocycles. The number of oxime groups is 1. The lowest BCUT2D eigenvalue weighted by atomic mass is 9.91. The van der Waals surface area contributed by atoms with Crippen LogP contribution in [0.25, 0.3) is 12.2 Å². The van der Waals surface area contributed by atoms with Crippen molar-refractivity contribution >= 4 is 18.4 Å². The molecule has 3 rings (SSSR count). The van der Waals surface area contributed by atoms with Gasteiger partial charge < -0.3 is 28.9 Å². The van der Waals surface area contributed by atoms with Crippen LogP contribution >= 0.6 is 0 Å². The molecule has 220 valence electrons. The van der Waals surface area contributed by atoms with E-state index in [1.807, 2.05) is 6.92 Å². The minimum Gasteiger partial charge on any atom is -0.376 e. The molecule has 2 aromatic carbocycles. The Morgan fingerprint density at radius 3 is 1.85 bits per heavy atom. The average Bonchev–Trinajstić information content (AvgIpc) is 2.91. The first kappa shape index (κ1) is 31.6. The highest BCUT2D eigenvalue weighted by Crippen LogP contribution is 2.50. The average molecular weight is 578 g/mol. The van der Waals surface area contributed by atoms with Gasteiger partial charge in [0.05, 0.1) is 12.8 Å². The molecule has 0 saturated carbocycles. The van der Waals surface area contributed by atoms with Crippen molar-refractivity contribution in [3.63, 3.8) is 0 Å². The van der Waals surface area contributed by atoms with E-state index in [9.17, 15) is 31.4 Å². The predicted octanol–water partition coefficient (Wildman–Crippen LogP) is 5.31. The minimum atomic E-state index is -5.94. The summed E-state index contributed by atoms with van der Waals surface area (Å²) in [5.41, 5.74) is -4.58. The van der Waals surface area contributed by atoms with Crippen LogP contribution in [0.3, 0.4) is 0 Å². The molecule has 40 heavy (non-hydrogen) atoms. The SMILES string of the molecule is CCO[C@H]1[C@@H](OC)[C@H](O/N=C/c2ccc(/C=C/c3ccc(C(O)(C(F)(F)F)C(F)(F)F)cc3)cc2)OC[C@@H]1OC. The first-order valence-corrected chi connectivity index (χ1v) is 12.1. The van der Waals surface area contributed by atoms with E-state index in [1.54, 1.807) is 37.5 Å². The largest absolute Gasteiger partial charge is 0.430 e. The summed E-state index contributed by atoms with van der Waals surface area (Å²) in [5, 5.41) is 13.5. The molecule has 2 aromatic rings. The molecule has 7 nitrogen and oxygen atoms in total. The predicted molar refractivity (Wildman–Crippen MR) is 133 cm³/mol. The molecule has 1 aliphatic rings. The van der Waals surface area contributed by atoms with Crippen LogP contribution in [0.2, 0.25) is 0 Å². The summed E-state index contributed by atoms with van der Waals surface area (Å²) in [7, 11) is 3.06. The number of ether oxygens (including phenoxy) is 4. The number of aliphatic hydroxyl groups is 1. The number of hydrogen-bond donors (Lipinski definition) is 1. The zero-order valence-corrected chi connectivity index (χ0v) is 21.8. The first-order valence-electron chi connectivity index (χ1n) is 12.1. The highest BCUT2D eigenvalue weighted by Gasteiger charge is 2.71. The van der Waals surface area contributed by atoms with Crippen molar-refractivity contribution in [2.45, 2.75) is 49.5 Å². The van der Waals surface area contributed by atoms with Gasteiger partial charge in [-0.2, -0.15) is 26.3 Å². The third-order valence-electron chi connectivity index (χ3n) is 6.24. The number of benzene rings is 2. The Kier molecular flexibility index (Phi) is 10.4. The Hall–Kier alpha value is -2.97. The lowest BCUT2D eigenvalue weighted by Gasteiger charge is -2.39. The van der Waals surface area contributed by atoms with Gasteiger partial charge in [0.25, 0.3) is 11.9 Å². The Morgan fingerprint density at radius 2 is 1.38 bits per heavy atom.